The second kappa shape index (κ2) is 10.8. The predicted molar refractivity (Wildman–Crippen MR) is 136 cm³/mol. The van der Waals surface area contributed by atoms with Crippen molar-refractivity contribution in [1.82, 2.24) is 15.2 Å². The van der Waals surface area contributed by atoms with Crippen LogP contribution in [0.15, 0.2) is 42.7 Å². The maximum Gasteiger partial charge on any atom is 0.255 e. The van der Waals surface area contributed by atoms with Crippen LogP contribution in [0.25, 0.3) is 11.1 Å². The molecular formula is C28H37N3O5. The summed E-state index contributed by atoms with van der Waals surface area (Å²) in [5.41, 5.74) is 1.70. The molecule has 2 heterocycles. The number of hydrogen-bond donors (Lipinski definition) is 4. The fraction of sp³-hybridized carbons (Fsp3) is 0.571. The van der Waals surface area contributed by atoms with E-state index in [2.05, 4.69) is 15.2 Å². The Morgan fingerprint density at radius 1 is 1.08 bits per heavy atom. The Labute approximate surface area is 212 Å². The lowest BCUT2D eigenvalue weighted by Crippen LogP contribution is -2.48. The zero-order valence-electron chi connectivity index (χ0n) is 20.7. The summed E-state index contributed by atoms with van der Waals surface area (Å²) < 4.78 is 6.38. The molecule has 1 unspecified atom stereocenters. The molecule has 36 heavy (non-hydrogen) atoms. The lowest BCUT2D eigenvalue weighted by Gasteiger charge is -2.38. The highest BCUT2D eigenvalue weighted by Gasteiger charge is 2.46. The molecule has 3 aliphatic rings. The number of fused-ring (bicyclic) bond motifs is 1. The Balaban J connectivity index is 1.47. The number of β-amino-alcohol motifs (C(OH)–C–C–N with tert-alkyl or cyclic N) is 1. The van der Waals surface area contributed by atoms with Crippen LogP contribution in [0.3, 0.4) is 0 Å². The number of aliphatic hydroxyl groups excluding tert-OH is 3. The van der Waals surface area contributed by atoms with Gasteiger partial charge < -0.3 is 25.4 Å². The van der Waals surface area contributed by atoms with Crippen LogP contribution in [0.1, 0.15) is 48.9 Å². The molecule has 8 nitrogen and oxygen atoms in total. The summed E-state index contributed by atoms with van der Waals surface area (Å²) in [7, 11) is 0. The molecule has 1 amide bonds. The summed E-state index contributed by atoms with van der Waals surface area (Å²) >= 11 is 0. The third-order valence-electron chi connectivity index (χ3n) is 8.00. The van der Waals surface area contributed by atoms with Gasteiger partial charge in [-0.05, 0) is 55.4 Å². The zero-order valence-corrected chi connectivity index (χ0v) is 20.7. The molecule has 2 aliphatic carbocycles. The van der Waals surface area contributed by atoms with Gasteiger partial charge in [0, 0.05) is 49.6 Å². The number of ether oxygens (including phenoxy) is 1. The van der Waals surface area contributed by atoms with Crippen molar-refractivity contribution in [2.45, 2.75) is 56.8 Å². The second-order valence-corrected chi connectivity index (χ2v) is 11.0. The molecule has 0 radical (unpaired) electrons. The maximum atomic E-state index is 13.1. The minimum atomic E-state index is -0.816. The van der Waals surface area contributed by atoms with Gasteiger partial charge in [-0.15, -0.1) is 0 Å². The van der Waals surface area contributed by atoms with Crippen molar-refractivity contribution in [3.63, 3.8) is 0 Å². The molecule has 2 aromatic rings. The summed E-state index contributed by atoms with van der Waals surface area (Å²) in [5.74, 6) is 0.725. The summed E-state index contributed by atoms with van der Waals surface area (Å²) in [5, 5.41) is 34.7. The average molecular weight is 496 g/mol. The Kier molecular flexibility index (Phi) is 7.57. The van der Waals surface area contributed by atoms with Gasteiger partial charge in [-0.1, -0.05) is 25.0 Å². The minimum absolute atomic E-state index is 0.141. The number of carbonyl (C=O) groups is 1. The summed E-state index contributed by atoms with van der Waals surface area (Å²) in [4.78, 5) is 19.5. The number of nitrogens with one attached hydrogen (secondary N) is 1. The number of amides is 1. The fourth-order valence-corrected chi connectivity index (χ4v) is 6.21. The predicted octanol–water partition coefficient (Wildman–Crippen LogP) is 2.23. The normalized spacial score (nSPS) is 30.3. The highest BCUT2D eigenvalue weighted by molar-refractivity contribution is 5.97. The van der Waals surface area contributed by atoms with E-state index >= 15 is 0 Å². The molecule has 0 saturated heterocycles. The van der Waals surface area contributed by atoms with Crippen LogP contribution in [0, 0.1) is 11.3 Å². The first kappa shape index (κ1) is 25.1. The van der Waals surface area contributed by atoms with Gasteiger partial charge in [0.2, 0.25) is 0 Å². The average Bonchev–Trinajstić information content (AvgIpc) is 3.48. The van der Waals surface area contributed by atoms with E-state index in [1.54, 1.807) is 18.5 Å². The van der Waals surface area contributed by atoms with Crippen molar-refractivity contribution in [2.75, 3.05) is 32.8 Å². The molecule has 194 valence electrons. The first-order valence-electron chi connectivity index (χ1n) is 13.1. The summed E-state index contributed by atoms with van der Waals surface area (Å²) in [6.07, 6.45) is 6.78. The van der Waals surface area contributed by atoms with E-state index in [0.717, 1.165) is 17.7 Å². The van der Waals surface area contributed by atoms with Crippen molar-refractivity contribution in [3.05, 3.63) is 48.3 Å². The van der Waals surface area contributed by atoms with E-state index in [1.165, 1.54) is 25.7 Å². The summed E-state index contributed by atoms with van der Waals surface area (Å²) in [6.45, 7) is 2.30. The number of rotatable bonds is 3. The Morgan fingerprint density at radius 2 is 1.86 bits per heavy atom. The lowest BCUT2D eigenvalue weighted by molar-refractivity contribution is 0.0370. The number of pyridine rings is 1. The molecule has 4 N–H and O–H groups in total. The van der Waals surface area contributed by atoms with Gasteiger partial charge in [0.25, 0.3) is 5.91 Å². The van der Waals surface area contributed by atoms with E-state index in [0.29, 0.717) is 43.2 Å². The molecule has 0 bridgehead atoms. The highest BCUT2D eigenvalue weighted by Crippen LogP contribution is 2.41. The number of hydrogen-bond acceptors (Lipinski definition) is 7. The van der Waals surface area contributed by atoms with Crippen molar-refractivity contribution in [2.24, 2.45) is 11.3 Å². The third kappa shape index (κ3) is 5.72. The molecular weight excluding hydrogens is 458 g/mol. The van der Waals surface area contributed by atoms with Gasteiger partial charge in [-0.2, -0.15) is 0 Å². The van der Waals surface area contributed by atoms with Crippen molar-refractivity contribution < 1.29 is 24.9 Å². The molecule has 1 aromatic heterocycles. The molecule has 1 aromatic carbocycles. The van der Waals surface area contributed by atoms with Crippen molar-refractivity contribution in [1.29, 1.82) is 0 Å². The monoisotopic (exact) mass is 495 g/mol. The van der Waals surface area contributed by atoms with Gasteiger partial charge in [0.1, 0.15) is 5.75 Å². The van der Waals surface area contributed by atoms with Crippen LogP contribution in [-0.4, -0.2) is 82.2 Å². The Bertz CT molecular complexity index is 1030. The number of nitrogens with zero attached hydrogens (tertiary/aromatic N) is 2. The third-order valence-corrected chi connectivity index (χ3v) is 8.00. The Morgan fingerprint density at radius 3 is 2.58 bits per heavy atom. The maximum absolute atomic E-state index is 13.1. The van der Waals surface area contributed by atoms with E-state index in [1.807, 2.05) is 24.3 Å². The Hall–Kier alpha value is -2.52. The van der Waals surface area contributed by atoms with Gasteiger partial charge in [0.05, 0.1) is 30.5 Å². The fourth-order valence-electron chi connectivity index (χ4n) is 6.21. The molecule has 4 atom stereocenters. The van der Waals surface area contributed by atoms with E-state index in [4.69, 9.17) is 4.74 Å². The largest absolute Gasteiger partial charge is 0.492 e. The summed E-state index contributed by atoms with van der Waals surface area (Å²) in [6, 6.07) is 9.26. The van der Waals surface area contributed by atoms with Gasteiger partial charge in [-0.25, -0.2) is 0 Å². The highest BCUT2D eigenvalue weighted by atomic mass is 16.5. The van der Waals surface area contributed by atoms with Crippen molar-refractivity contribution in [3.8, 4) is 16.9 Å². The van der Waals surface area contributed by atoms with Gasteiger partial charge in [-0.3, -0.25) is 14.7 Å². The standard InChI is InChI=1S/C28H37N3O5/c32-22-14-30-27(35)23-8-7-20(21-6-3-9-29-13-21)10-26(23)36-18-28(11-24(33)25(34)12-28)17-31(16-22)15-19-4-1-2-5-19/h3,6-10,13,19,22,24-25,32-34H,1-2,4-5,11-12,14-18H2,(H,30,35)/t22-,24-,25+,28?/m0/s1. The minimum Gasteiger partial charge on any atom is -0.492 e. The first-order chi connectivity index (χ1) is 17.4. The number of aromatic nitrogens is 1. The van der Waals surface area contributed by atoms with Crippen LogP contribution >= 0.6 is 0 Å². The first-order valence-corrected chi connectivity index (χ1v) is 13.1. The second-order valence-electron chi connectivity index (χ2n) is 11.0. The SMILES string of the molecule is O=C1NC[C@H](O)CN(CC2CCCC2)CC2(COc3cc(-c4cccnc4)ccc31)C[C@@H](O)[C@@H](O)C2. The lowest BCUT2D eigenvalue weighted by atomic mass is 9.85. The molecule has 5 rings (SSSR count). The van der Waals surface area contributed by atoms with Crippen LogP contribution in [0.2, 0.25) is 0 Å². The number of carbonyl (C=O) groups excluding carboxylic acids is 1. The quantitative estimate of drug-likeness (QED) is 0.516. The topological polar surface area (TPSA) is 115 Å². The van der Waals surface area contributed by atoms with Crippen LogP contribution in [-0.2, 0) is 0 Å². The molecule has 8 heteroatoms. The molecule has 2 saturated carbocycles. The van der Waals surface area contributed by atoms with Gasteiger partial charge >= 0.3 is 0 Å². The van der Waals surface area contributed by atoms with Crippen LogP contribution in [0.4, 0.5) is 0 Å². The smallest absolute Gasteiger partial charge is 0.255 e. The van der Waals surface area contributed by atoms with Crippen molar-refractivity contribution >= 4 is 5.91 Å². The zero-order chi connectivity index (χ0) is 25.1. The molecule has 1 spiro atoms. The molecule has 2 fully saturated rings. The van der Waals surface area contributed by atoms with E-state index in [-0.39, 0.29) is 19.1 Å². The van der Waals surface area contributed by atoms with Crippen LogP contribution < -0.4 is 10.1 Å². The molecule has 1 aliphatic heterocycles. The number of aliphatic hydroxyl groups is 3. The van der Waals surface area contributed by atoms with E-state index in [9.17, 15) is 20.1 Å². The van der Waals surface area contributed by atoms with Crippen LogP contribution in [0.5, 0.6) is 5.75 Å². The van der Waals surface area contributed by atoms with Gasteiger partial charge in [0.15, 0.2) is 0 Å². The number of benzene rings is 1. The van der Waals surface area contributed by atoms with E-state index < -0.39 is 23.7 Å².